The predicted octanol–water partition coefficient (Wildman–Crippen LogP) is 2.93. The summed E-state index contributed by atoms with van der Waals surface area (Å²) < 4.78 is 0. The first-order valence-electron chi connectivity index (χ1n) is 4.28. The first-order chi connectivity index (χ1) is 7.29. The van der Waals surface area contributed by atoms with Crippen molar-refractivity contribution >= 4 is 23.2 Å². The van der Waals surface area contributed by atoms with Crippen molar-refractivity contribution in [3.05, 3.63) is 41.3 Å². The minimum absolute atomic E-state index is 0.411. The minimum Gasteiger partial charge on any atom is -0.251 e. The Morgan fingerprint density at radius 2 is 1.73 bits per heavy atom. The third-order valence-corrected chi connectivity index (χ3v) is 2.35. The van der Waals surface area contributed by atoms with Gasteiger partial charge in [-0.15, -0.1) is 11.6 Å². The molecule has 3 nitrogen and oxygen atoms in total. The molecule has 76 valence electrons. The van der Waals surface area contributed by atoms with Crippen LogP contribution >= 0.6 is 23.2 Å². The Kier molecular flexibility index (Phi) is 3.14. The lowest BCUT2D eigenvalue weighted by Crippen LogP contribution is -1.92. The van der Waals surface area contributed by atoms with Gasteiger partial charge in [-0.05, 0) is 12.1 Å². The average Bonchev–Trinajstić information content (AvgIpc) is 2.30. The van der Waals surface area contributed by atoms with Crippen molar-refractivity contribution in [1.82, 2.24) is 15.0 Å². The first kappa shape index (κ1) is 10.3. The van der Waals surface area contributed by atoms with Gasteiger partial charge in [0.2, 0.25) is 0 Å². The smallest absolute Gasteiger partial charge is 0.178 e. The van der Waals surface area contributed by atoms with E-state index in [1.165, 1.54) is 0 Å². The molecule has 0 bridgehead atoms. The second kappa shape index (κ2) is 4.55. The molecule has 0 saturated carbocycles. The van der Waals surface area contributed by atoms with Crippen LogP contribution in [0.15, 0.2) is 30.7 Å². The van der Waals surface area contributed by atoms with E-state index in [1.807, 2.05) is 0 Å². The van der Waals surface area contributed by atoms with Crippen LogP contribution in [0.25, 0.3) is 11.5 Å². The zero-order chi connectivity index (χ0) is 10.7. The monoisotopic (exact) mass is 239 g/mol. The molecule has 0 amide bonds. The molecule has 0 aromatic carbocycles. The number of hydrogen-bond acceptors (Lipinski definition) is 3. The molecule has 0 fully saturated rings. The van der Waals surface area contributed by atoms with Crippen LogP contribution in [0.5, 0.6) is 0 Å². The number of nitrogens with zero attached hydrogens (tertiary/aromatic N) is 3. The fourth-order valence-electron chi connectivity index (χ4n) is 1.06. The van der Waals surface area contributed by atoms with Gasteiger partial charge in [0.25, 0.3) is 0 Å². The fraction of sp³-hybridized carbons (Fsp3) is 0.100. The summed E-state index contributed by atoms with van der Waals surface area (Å²) in [5, 5.41) is 0.594. The summed E-state index contributed by atoms with van der Waals surface area (Å²) in [6.07, 6.45) is 4.94. The predicted molar refractivity (Wildman–Crippen MR) is 59.8 cm³/mol. The average molecular weight is 240 g/mol. The van der Waals surface area contributed by atoms with Crippen LogP contribution in [0.1, 0.15) is 5.56 Å². The normalized spacial score (nSPS) is 10.3. The molecule has 0 aliphatic carbocycles. The van der Waals surface area contributed by atoms with Crippen LogP contribution in [0.2, 0.25) is 5.02 Å². The summed E-state index contributed by atoms with van der Waals surface area (Å²) in [6.45, 7) is 0. The van der Waals surface area contributed by atoms with Crippen molar-refractivity contribution in [3.8, 4) is 11.5 Å². The number of aromatic nitrogens is 3. The van der Waals surface area contributed by atoms with Crippen LogP contribution in [0, 0.1) is 0 Å². The maximum atomic E-state index is 5.73. The zero-order valence-electron chi connectivity index (χ0n) is 7.69. The van der Waals surface area contributed by atoms with Crippen molar-refractivity contribution < 1.29 is 0 Å². The van der Waals surface area contributed by atoms with Gasteiger partial charge in [-0.3, -0.25) is 4.98 Å². The van der Waals surface area contributed by atoms with E-state index in [4.69, 9.17) is 23.2 Å². The molecule has 2 aromatic heterocycles. The minimum atomic E-state index is 0.411. The van der Waals surface area contributed by atoms with E-state index in [0.717, 1.165) is 5.56 Å². The Morgan fingerprint density at radius 3 is 2.27 bits per heavy atom. The number of halogens is 2. The largest absolute Gasteiger partial charge is 0.251 e. The molecule has 0 aliphatic heterocycles. The summed E-state index contributed by atoms with van der Waals surface area (Å²) in [4.78, 5) is 12.4. The van der Waals surface area contributed by atoms with Gasteiger partial charge in [-0.25, -0.2) is 9.97 Å². The van der Waals surface area contributed by atoms with Crippen molar-refractivity contribution in [1.29, 1.82) is 0 Å². The van der Waals surface area contributed by atoms with Gasteiger partial charge >= 0.3 is 0 Å². The van der Waals surface area contributed by atoms with E-state index in [0.29, 0.717) is 22.4 Å². The molecular weight excluding hydrogens is 233 g/mol. The van der Waals surface area contributed by atoms with Crippen LogP contribution in [0.4, 0.5) is 0 Å². The van der Waals surface area contributed by atoms with Gasteiger partial charge in [0, 0.05) is 24.2 Å². The summed E-state index contributed by atoms with van der Waals surface area (Å²) in [5.74, 6) is 0.981. The van der Waals surface area contributed by atoms with E-state index < -0.39 is 0 Å². The number of alkyl halides is 1. The van der Waals surface area contributed by atoms with Gasteiger partial charge in [-0.1, -0.05) is 11.6 Å². The SMILES string of the molecule is ClCc1cnc(-c2ccc(Cl)cn2)nc1. The van der Waals surface area contributed by atoms with Crippen LogP contribution in [-0.4, -0.2) is 15.0 Å². The molecule has 2 aromatic rings. The molecule has 0 spiro atoms. The maximum absolute atomic E-state index is 5.73. The van der Waals surface area contributed by atoms with Gasteiger partial charge in [0.15, 0.2) is 5.82 Å². The summed E-state index contributed by atoms with van der Waals surface area (Å²) in [7, 11) is 0. The second-order valence-electron chi connectivity index (χ2n) is 2.91. The molecule has 2 rings (SSSR count). The molecule has 5 heteroatoms. The highest BCUT2D eigenvalue weighted by atomic mass is 35.5. The van der Waals surface area contributed by atoms with Crippen molar-refractivity contribution in [2.24, 2.45) is 0 Å². The van der Waals surface area contributed by atoms with Crippen molar-refractivity contribution in [3.63, 3.8) is 0 Å². The highest BCUT2D eigenvalue weighted by Gasteiger charge is 2.02. The highest BCUT2D eigenvalue weighted by Crippen LogP contribution is 2.14. The van der Waals surface area contributed by atoms with E-state index in [1.54, 1.807) is 30.7 Å². The van der Waals surface area contributed by atoms with Gasteiger partial charge < -0.3 is 0 Å². The van der Waals surface area contributed by atoms with E-state index in [2.05, 4.69) is 15.0 Å². The molecule has 0 unspecified atom stereocenters. The molecule has 0 atom stereocenters. The number of pyridine rings is 1. The molecule has 0 N–H and O–H groups in total. The highest BCUT2D eigenvalue weighted by molar-refractivity contribution is 6.30. The Hall–Kier alpha value is -1.19. The first-order valence-corrected chi connectivity index (χ1v) is 5.19. The zero-order valence-corrected chi connectivity index (χ0v) is 9.20. The lowest BCUT2D eigenvalue weighted by atomic mass is 10.3. The summed E-state index contributed by atoms with van der Waals surface area (Å²) in [6, 6.07) is 3.53. The topological polar surface area (TPSA) is 38.7 Å². The third kappa shape index (κ3) is 2.43. The van der Waals surface area contributed by atoms with Crippen LogP contribution in [-0.2, 0) is 5.88 Å². The fourth-order valence-corrected chi connectivity index (χ4v) is 1.31. The molecule has 0 radical (unpaired) electrons. The van der Waals surface area contributed by atoms with E-state index in [-0.39, 0.29) is 0 Å². The Labute approximate surface area is 97.1 Å². The standard InChI is InChI=1S/C10H7Cl2N3/c11-3-7-4-14-10(15-5-7)9-2-1-8(12)6-13-9/h1-2,4-6H,3H2. The summed E-state index contributed by atoms with van der Waals surface area (Å²) in [5.41, 5.74) is 1.58. The molecule has 0 aliphatic rings. The van der Waals surface area contributed by atoms with Gasteiger partial charge in [0.05, 0.1) is 10.9 Å². The summed E-state index contributed by atoms with van der Waals surface area (Å²) >= 11 is 11.4. The molecular formula is C10H7Cl2N3. The Morgan fingerprint density at radius 1 is 1.00 bits per heavy atom. The number of rotatable bonds is 2. The van der Waals surface area contributed by atoms with Crippen LogP contribution in [0.3, 0.4) is 0 Å². The Balaban J connectivity index is 2.33. The number of hydrogen-bond donors (Lipinski definition) is 0. The van der Waals surface area contributed by atoms with Gasteiger partial charge in [0.1, 0.15) is 5.69 Å². The van der Waals surface area contributed by atoms with Crippen LogP contribution < -0.4 is 0 Å². The lowest BCUT2D eigenvalue weighted by Gasteiger charge is -1.99. The van der Waals surface area contributed by atoms with Crippen molar-refractivity contribution in [2.75, 3.05) is 0 Å². The lowest BCUT2D eigenvalue weighted by molar-refractivity contribution is 1.10. The van der Waals surface area contributed by atoms with E-state index >= 15 is 0 Å². The Bertz CT molecular complexity index is 439. The van der Waals surface area contributed by atoms with Crippen molar-refractivity contribution in [2.45, 2.75) is 5.88 Å². The quantitative estimate of drug-likeness (QED) is 0.757. The maximum Gasteiger partial charge on any atom is 0.178 e. The van der Waals surface area contributed by atoms with E-state index in [9.17, 15) is 0 Å². The molecule has 0 saturated heterocycles. The molecule has 15 heavy (non-hydrogen) atoms. The second-order valence-corrected chi connectivity index (χ2v) is 3.61. The van der Waals surface area contributed by atoms with Gasteiger partial charge in [-0.2, -0.15) is 0 Å². The molecule has 2 heterocycles. The third-order valence-electron chi connectivity index (χ3n) is 1.82.